The fourth-order valence-electron chi connectivity index (χ4n) is 1.84. The Morgan fingerprint density at radius 2 is 2.28 bits per heavy atom. The molecule has 3 rings (SSSR count). The Kier molecular flexibility index (Phi) is 2.27. The van der Waals surface area contributed by atoms with Crippen molar-refractivity contribution in [3.8, 4) is 5.82 Å². The molecule has 0 saturated heterocycles. The maximum Gasteiger partial charge on any atom is 0.341 e. The van der Waals surface area contributed by atoms with Crippen molar-refractivity contribution in [1.82, 2.24) is 19.1 Å². The molecule has 0 aliphatic rings. The summed E-state index contributed by atoms with van der Waals surface area (Å²) >= 11 is 0. The van der Waals surface area contributed by atoms with Crippen LogP contribution >= 0.6 is 0 Å². The summed E-state index contributed by atoms with van der Waals surface area (Å²) in [7, 11) is 0. The number of hydrogen-bond acceptors (Lipinski definition) is 5. The van der Waals surface area contributed by atoms with Gasteiger partial charge in [0, 0.05) is 12.3 Å². The topological polar surface area (TPSA) is 91.3 Å². The van der Waals surface area contributed by atoms with Crippen LogP contribution in [0.25, 0.3) is 11.5 Å². The largest absolute Gasteiger partial charge is 0.363 e. The van der Waals surface area contributed by atoms with Gasteiger partial charge in [-0.25, -0.2) is 14.3 Å². The van der Waals surface area contributed by atoms with Gasteiger partial charge in [-0.05, 0) is 19.1 Å². The Morgan fingerprint density at radius 1 is 1.44 bits per heavy atom. The van der Waals surface area contributed by atoms with Gasteiger partial charge in [0.15, 0.2) is 5.82 Å². The second-order valence-electron chi connectivity index (χ2n) is 3.97. The van der Waals surface area contributed by atoms with Crippen molar-refractivity contribution in [2.75, 3.05) is 0 Å². The summed E-state index contributed by atoms with van der Waals surface area (Å²) in [5.41, 5.74) is 6.15. The SMILES string of the molecule is CC(N)c1nc2cccn2c(=O)n1-c1ccon1. The molecule has 0 aliphatic heterocycles. The van der Waals surface area contributed by atoms with Crippen LogP contribution in [-0.4, -0.2) is 19.1 Å². The van der Waals surface area contributed by atoms with Crippen LogP contribution in [0.2, 0.25) is 0 Å². The van der Waals surface area contributed by atoms with E-state index < -0.39 is 6.04 Å². The molecule has 1 unspecified atom stereocenters. The van der Waals surface area contributed by atoms with E-state index in [4.69, 9.17) is 10.3 Å². The molecule has 0 spiro atoms. The van der Waals surface area contributed by atoms with E-state index in [1.165, 1.54) is 15.2 Å². The van der Waals surface area contributed by atoms with Crippen molar-refractivity contribution in [3.05, 3.63) is 47.0 Å². The van der Waals surface area contributed by atoms with Crippen LogP contribution in [0, 0.1) is 0 Å². The Hall–Kier alpha value is -2.41. The van der Waals surface area contributed by atoms with E-state index in [9.17, 15) is 4.79 Å². The average Bonchev–Trinajstić information content (AvgIpc) is 2.98. The third-order valence-corrected chi connectivity index (χ3v) is 2.64. The van der Waals surface area contributed by atoms with Gasteiger partial charge in [0.2, 0.25) is 0 Å². The summed E-state index contributed by atoms with van der Waals surface area (Å²) < 4.78 is 7.54. The molecule has 0 aromatic carbocycles. The van der Waals surface area contributed by atoms with Crippen molar-refractivity contribution in [3.63, 3.8) is 0 Å². The summed E-state index contributed by atoms with van der Waals surface area (Å²) in [5.74, 6) is 0.815. The van der Waals surface area contributed by atoms with Gasteiger partial charge in [-0.15, -0.1) is 0 Å². The summed E-state index contributed by atoms with van der Waals surface area (Å²) in [6.07, 6.45) is 3.04. The predicted octanol–water partition coefficient (Wildman–Crippen LogP) is 0.493. The van der Waals surface area contributed by atoms with E-state index in [2.05, 4.69) is 10.1 Å². The summed E-state index contributed by atoms with van der Waals surface area (Å²) in [4.78, 5) is 16.7. The number of fused-ring (bicyclic) bond motifs is 1. The highest BCUT2D eigenvalue weighted by molar-refractivity contribution is 5.39. The lowest BCUT2D eigenvalue weighted by Gasteiger charge is -2.12. The smallest absolute Gasteiger partial charge is 0.341 e. The van der Waals surface area contributed by atoms with Gasteiger partial charge in [-0.2, -0.15) is 0 Å². The molecule has 7 nitrogen and oxygen atoms in total. The highest BCUT2D eigenvalue weighted by Crippen LogP contribution is 2.11. The highest BCUT2D eigenvalue weighted by atomic mass is 16.5. The van der Waals surface area contributed by atoms with E-state index in [0.717, 1.165) is 0 Å². The van der Waals surface area contributed by atoms with E-state index in [1.54, 1.807) is 31.3 Å². The molecule has 1 atom stereocenters. The Labute approximate surface area is 101 Å². The van der Waals surface area contributed by atoms with Crippen molar-refractivity contribution in [1.29, 1.82) is 0 Å². The first-order chi connectivity index (χ1) is 8.68. The van der Waals surface area contributed by atoms with Crippen LogP contribution < -0.4 is 11.4 Å². The molecule has 0 fully saturated rings. The molecule has 92 valence electrons. The maximum absolute atomic E-state index is 12.4. The zero-order valence-corrected chi connectivity index (χ0v) is 9.65. The van der Waals surface area contributed by atoms with Crippen LogP contribution in [0.1, 0.15) is 18.8 Å². The van der Waals surface area contributed by atoms with E-state index >= 15 is 0 Å². The third kappa shape index (κ3) is 1.45. The van der Waals surface area contributed by atoms with Crippen LogP contribution in [-0.2, 0) is 0 Å². The standard InChI is InChI=1S/C11H11N5O2/c1-7(12)10-13-8-3-2-5-15(8)11(17)16(10)9-4-6-18-14-9/h2-7H,12H2,1H3. The third-order valence-electron chi connectivity index (χ3n) is 2.64. The Balaban J connectivity index is 2.43. The average molecular weight is 245 g/mol. The van der Waals surface area contributed by atoms with Crippen molar-refractivity contribution >= 4 is 5.65 Å². The van der Waals surface area contributed by atoms with Crippen LogP contribution in [0.3, 0.4) is 0 Å². The Bertz CT molecular complexity index is 738. The molecular formula is C11H11N5O2. The molecule has 3 aromatic rings. The first-order valence-electron chi connectivity index (χ1n) is 5.45. The zero-order chi connectivity index (χ0) is 12.7. The first-order valence-corrected chi connectivity index (χ1v) is 5.45. The van der Waals surface area contributed by atoms with Crippen LogP contribution in [0.15, 0.2) is 40.0 Å². The van der Waals surface area contributed by atoms with Crippen LogP contribution in [0.5, 0.6) is 0 Å². The zero-order valence-electron chi connectivity index (χ0n) is 9.65. The lowest BCUT2D eigenvalue weighted by molar-refractivity contribution is 0.414. The maximum atomic E-state index is 12.4. The molecule has 0 radical (unpaired) electrons. The fourth-order valence-corrected chi connectivity index (χ4v) is 1.84. The van der Waals surface area contributed by atoms with E-state index in [1.807, 2.05) is 0 Å². The predicted molar refractivity (Wildman–Crippen MR) is 63.5 cm³/mol. The van der Waals surface area contributed by atoms with Crippen molar-refractivity contribution in [2.45, 2.75) is 13.0 Å². The first kappa shape index (κ1) is 10.7. The van der Waals surface area contributed by atoms with E-state index in [0.29, 0.717) is 17.3 Å². The number of rotatable bonds is 2. The summed E-state index contributed by atoms with van der Waals surface area (Å²) in [5, 5.41) is 3.76. The molecule has 7 heteroatoms. The summed E-state index contributed by atoms with van der Waals surface area (Å²) in [6.45, 7) is 1.76. The lowest BCUT2D eigenvalue weighted by Crippen LogP contribution is -2.31. The number of aromatic nitrogens is 4. The number of nitrogens with zero attached hydrogens (tertiary/aromatic N) is 4. The van der Waals surface area contributed by atoms with Gasteiger partial charge in [-0.3, -0.25) is 4.40 Å². The van der Waals surface area contributed by atoms with Gasteiger partial charge < -0.3 is 10.3 Å². The minimum atomic E-state index is -0.394. The minimum Gasteiger partial charge on any atom is -0.363 e. The molecule has 18 heavy (non-hydrogen) atoms. The lowest BCUT2D eigenvalue weighted by atomic mass is 10.3. The minimum absolute atomic E-state index is 0.272. The molecule has 0 amide bonds. The normalized spacial score (nSPS) is 13.0. The fraction of sp³-hybridized carbons (Fsp3) is 0.182. The highest BCUT2D eigenvalue weighted by Gasteiger charge is 2.16. The summed E-state index contributed by atoms with van der Waals surface area (Å²) in [6, 6.07) is 4.70. The van der Waals surface area contributed by atoms with Crippen molar-refractivity contribution < 1.29 is 4.52 Å². The number of nitrogens with two attached hydrogens (primary N) is 1. The quantitative estimate of drug-likeness (QED) is 0.709. The van der Waals surface area contributed by atoms with Gasteiger partial charge in [0.25, 0.3) is 0 Å². The Morgan fingerprint density at radius 3 is 2.94 bits per heavy atom. The molecule has 3 heterocycles. The van der Waals surface area contributed by atoms with Gasteiger partial charge >= 0.3 is 5.69 Å². The van der Waals surface area contributed by atoms with Crippen molar-refractivity contribution in [2.24, 2.45) is 5.73 Å². The number of hydrogen-bond donors (Lipinski definition) is 1. The molecular weight excluding hydrogens is 234 g/mol. The molecule has 3 aromatic heterocycles. The monoisotopic (exact) mass is 245 g/mol. The molecule has 2 N–H and O–H groups in total. The molecule has 0 aliphatic carbocycles. The molecule has 0 bridgehead atoms. The van der Waals surface area contributed by atoms with E-state index in [-0.39, 0.29) is 5.69 Å². The second-order valence-corrected chi connectivity index (χ2v) is 3.97. The van der Waals surface area contributed by atoms with Gasteiger partial charge in [-0.1, -0.05) is 5.16 Å². The molecule has 0 saturated carbocycles. The van der Waals surface area contributed by atoms with Crippen LogP contribution in [0.4, 0.5) is 0 Å². The second kappa shape index (κ2) is 3.81. The van der Waals surface area contributed by atoms with Gasteiger partial charge in [0.1, 0.15) is 17.7 Å². The van der Waals surface area contributed by atoms with Gasteiger partial charge in [0.05, 0.1) is 6.04 Å².